The molecule has 19 heavy (non-hydrogen) atoms. The summed E-state index contributed by atoms with van der Waals surface area (Å²) in [6.07, 6.45) is 0. The van der Waals surface area contributed by atoms with Crippen molar-refractivity contribution in [2.24, 2.45) is 0 Å². The molecular formula is C13H19N5O. The highest BCUT2D eigenvalue weighted by atomic mass is 16.5. The average Bonchev–Trinajstić information content (AvgIpc) is 2.88. The summed E-state index contributed by atoms with van der Waals surface area (Å²) in [5, 5.41) is 11.9. The van der Waals surface area contributed by atoms with Crippen LogP contribution >= 0.6 is 0 Å². The minimum absolute atomic E-state index is 0.0601. The first-order valence-corrected chi connectivity index (χ1v) is 6.36. The van der Waals surface area contributed by atoms with E-state index in [2.05, 4.69) is 15.5 Å². The summed E-state index contributed by atoms with van der Waals surface area (Å²) in [5.41, 5.74) is 8.69. The molecule has 0 amide bonds. The third-order valence-electron chi connectivity index (χ3n) is 3.04. The van der Waals surface area contributed by atoms with Gasteiger partial charge >= 0.3 is 0 Å². The minimum Gasteiger partial charge on any atom is -0.398 e. The monoisotopic (exact) mass is 261 g/mol. The summed E-state index contributed by atoms with van der Waals surface area (Å²) in [4.78, 5) is 0. The van der Waals surface area contributed by atoms with Gasteiger partial charge in [-0.2, -0.15) is 0 Å². The third kappa shape index (κ3) is 2.73. The number of nitrogens with two attached hydrogens (primary N) is 1. The van der Waals surface area contributed by atoms with E-state index < -0.39 is 0 Å². The number of benzene rings is 1. The summed E-state index contributed by atoms with van der Waals surface area (Å²) < 4.78 is 7.17. The Balaban J connectivity index is 2.36. The summed E-state index contributed by atoms with van der Waals surface area (Å²) in [6, 6.07) is 5.91. The summed E-state index contributed by atoms with van der Waals surface area (Å²) in [5.74, 6) is 0.674. The highest BCUT2D eigenvalue weighted by Gasteiger charge is 2.17. The third-order valence-corrected chi connectivity index (χ3v) is 3.04. The first-order chi connectivity index (χ1) is 9.15. The number of nitrogens with zero attached hydrogens (tertiary/aromatic N) is 4. The quantitative estimate of drug-likeness (QED) is 0.831. The zero-order valence-corrected chi connectivity index (χ0v) is 11.5. The Kier molecular flexibility index (Phi) is 4.11. The molecule has 0 aliphatic heterocycles. The van der Waals surface area contributed by atoms with Gasteiger partial charge in [0.2, 0.25) is 0 Å². The van der Waals surface area contributed by atoms with Gasteiger partial charge in [0.15, 0.2) is 5.82 Å². The molecular weight excluding hydrogens is 242 g/mol. The van der Waals surface area contributed by atoms with Crippen LogP contribution < -0.4 is 5.73 Å². The first-order valence-electron chi connectivity index (χ1n) is 6.36. The Morgan fingerprint density at radius 2 is 2.21 bits per heavy atom. The molecule has 0 fully saturated rings. The molecule has 0 saturated heterocycles. The molecule has 0 saturated carbocycles. The van der Waals surface area contributed by atoms with Crippen LogP contribution in [-0.2, 0) is 4.74 Å². The second kappa shape index (κ2) is 5.79. The molecule has 1 atom stereocenters. The van der Waals surface area contributed by atoms with Crippen LogP contribution in [0.15, 0.2) is 18.2 Å². The van der Waals surface area contributed by atoms with E-state index in [0.717, 1.165) is 11.1 Å². The van der Waals surface area contributed by atoms with Gasteiger partial charge in [0.1, 0.15) is 0 Å². The van der Waals surface area contributed by atoms with Crippen molar-refractivity contribution in [3.05, 3.63) is 23.8 Å². The van der Waals surface area contributed by atoms with Crippen LogP contribution in [0.2, 0.25) is 0 Å². The van der Waals surface area contributed by atoms with Gasteiger partial charge in [0.25, 0.3) is 0 Å². The lowest BCUT2D eigenvalue weighted by molar-refractivity contribution is 0.115. The molecule has 0 aliphatic rings. The SMILES string of the molecule is CCOCC(C)n1nnnc1-c1cccc(C)c1N. The molecule has 0 bridgehead atoms. The van der Waals surface area contributed by atoms with Crippen LogP contribution in [-0.4, -0.2) is 33.4 Å². The first kappa shape index (κ1) is 13.5. The van der Waals surface area contributed by atoms with Gasteiger partial charge in [-0.15, -0.1) is 5.10 Å². The predicted molar refractivity (Wildman–Crippen MR) is 73.6 cm³/mol. The van der Waals surface area contributed by atoms with E-state index in [1.54, 1.807) is 4.68 Å². The van der Waals surface area contributed by atoms with Gasteiger partial charge in [-0.1, -0.05) is 12.1 Å². The lowest BCUT2D eigenvalue weighted by atomic mass is 10.1. The van der Waals surface area contributed by atoms with E-state index >= 15 is 0 Å². The summed E-state index contributed by atoms with van der Waals surface area (Å²) in [7, 11) is 0. The largest absolute Gasteiger partial charge is 0.398 e. The van der Waals surface area contributed by atoms with Gasteiger partial charge in [0.05, 0.1) is 12.6 Å². The van der Waals surface area contributed by atoms with Crippen LogP contribution in [0.5, 0.6) is 0 Å². The van der Waals surface area contributed by atoms with Crippen molar-refractivity contribution in [1.82, 2.24) is 20.2 Å². The van der Waals surface area contributed by atoms with Crippen LogP contribution in [0.1, 0.15) is 25.5 Å². The number of tetrazole rings is 1. The second-order valence-electron chi connectivity index (χ2n) is 4.49. The normalized spacial score (nSPS) is 12.6. The number of rotatable bonds is 5. The standard InChI is InChI=1S/C13H19N5O/c1-4-19-8-10(3)18-13(15-16-17-18)11-7-5-6-9(2)12(11)14/h5-7,10H,4,8,14H2,1-3H3. The van der Waals surface area contributed by atoms with Gasteiger partial charge < -0.3 is 10.5 Å². The maximum Gasteiger partial charge on any atom is 0.184 e. The minimum atomic E-state index is 0.0601. The Hall–Kier alpha value is -1.95. The van der Waals surface area contributed by atoms with Crippen molar-refractivity contribution in [2.45, 2.75) is 26.8 Å². The van der Waals surface area contributed by atoms with E-state index in [9.17, 15) is 0 Å². The van der Waals surface area contributed by atoms with Crippen molar-refractivity contribution in [3.63, 3.8) is 0 Å². The number of aryl methyl sites for hydroxylation is 1. The molecule has 1 aromatic heterocycles. The summed E-state index contributed by atoms with van der Waals surface area (Å²) >= 11 is 0. The van der Waals surface area contributed by atoms with Crippen LogP contribution in [0.3, 0.4) is 0 Å². The molecule has 1 aromatic carbocycles. The molecule has 6 heteroatoms. The number of hydrogen-bond acceptors (Lipinski definition) is 5. The van der Waals surface area contributed by atoms with Gasteiger partial charge in [-0.25, -0.2) is 4.68 Å². The van der Waals surface area contributed by atoms with Crippen LogP contribution in [0.4, 0.5) is 5.69 Å². The highest BCUT2D eigenvalue weighted by Crippen LogP contribution is 2.27. The topological polar surface area (TPSA) is 78.8 Å². The number of aromatic nitrogens is 4. The maximum atomic E-state index is 6.10. The maximum absolute atomic E-state index is 6.10. The lowest BCUT2D eigenvalue weighted by Gasteiger charge is -2.14. The molecule has 1 heterocycles. The van der Waals surface area contributed by atoms with E-state index in [-0.39, 0.29) is 6.04 Å². The fourth-order valence-corrected chi connectivity index (χ4v) is 1.90. The Bertz CT molecular complexity index is 552. The van der Waals surface area contributed by atoms with E-state index in [1.165, 1.54) is 0 Å². The molecule has 0 aliphatic carbocycles. The number of anilines is 1. The molecule has 1 unspecified atom stereocenters. The van der Waals surface area contributed by atoms with Crippen molar-refractivity contribution >= 4 is 5.69 Å². The number of hydrogen-bond donors (Lipinski definition) is 1. The smallest absolute Gasteiger partial charge is 0.184 e. The van der Waals surface area contributed by atoms with Crippen LogP contribution in [0.25, 0.3) is 11.4 Å². The van der Waals surface area contributed by atoms with Gasteiger partial charge in [-0.3, -0.25) is 0 Å². The molecule has 2 N–H and O–H groups in total. The highest BCUT2D eigenvalue weighted by molar-refractivity contribution is 5.73. The fraction of sp³-hybridized carbons (Fsp3) is 0.462. The zero-order valence-electron chi connectivity index (χ0n) is 11.5. The van der Waals surface area contributed by atoms with E-state index in [0.29, 0.717) is 24.7 Å². The molecule has 2 rings (SSSR count). The number of nitrogen functional groups attached to an aromatic ring is 1. The van der Waals surface area contributed by atoms with Gasteiger partial charge in [-0.05, 0) is 42.8 Å². The fourth-order valence-electron chi connectivity index (χ4n) is 1.90. The zero-order chi connectivity index (χ0) is 13.8. The number of para-hydroxylation sites is 1. The second-order valence-corrected chi connectivity index (χ2v) is 4.49. The Morgan fingerprint density at radius 3 is 2.95 bits per heavy atom. The van der Waals surface area contributed by atoms with Crippen molar-refractivity contribution < 1.29 is 4.74 Å². The molecule has 0 radical (unpaired) electrons. The lowest BCUT2D eigenvalue weighted by Crippen LogP contribution is -2.15. The van der Waals surface area contributed by atoms with Gasteiger partial charge in [0, 0.05) is 17.9 Å². The molecule has 6 nitrogen and oxygen atoms in total. The molecule has 102 valence electrons. The van der Waals surface area contributed by atoms with E-state index in [4.69, 9.17) is 10.5 Å². The summed E-state index contributed by atoms with van der Waals surface area (Å²) in [6.45, 7) is 7.19. The molecule has 2 aromatic rings. The van der Waals surface area contributed by atoms with Crippen molar-refractivity contribution in [1.29, 1.82) is 0 Å². The van der Waals surface area contributed by atoms with Crippen LogP contribution in [0, 0.1) is 6.92 Å². The average molecular weight is 261 g/mol. The Labute approximate surface area is 112 Å². The predicted octanol–water partition coefficient (Wildman–Crippen LogP) is 1.83. The Morgan fingerprint density at radius 1 is 1.42 bits per heavy atom. The number of ether oxygens (including phenoxy) is 1. The molecule has 0 spiro atoms. The van der Waals surface area contributed by atoms with Crippen molar-refractivity contribution in [3.8, 4) is 11.4 Å². The van der Waals surface area contributed by atoms with Crippen molar-refractivity contribution in [2.75, 3.05) is 18.9 Å². The van der Waals surface area contributed by atoms with E-state index in [1.807, 2.05) is 39.0 Å².